The monoisotopic (exact) mass is 373 g/mol. The fraction of sp³-hybridized carbons (Fsp3) is 0.300. The maximum absolute atomic E-state index is 12.5. The maximum atomic E-state index is 12.5. The lowest BCUT2D eigenvalue weighted by molar-refractivity contribution is -0.120. The van der Waals surface area contributed by atoms with Crippen LogP contribution in [0.3, 0.4) is 0 Å². The third kappa shape index (κ3) is 4.42. The molecular weight excluding hydrogens is 350 g/mol. The van der Waals surface area contributed by atoms with Gasteiger partial charge < -0.3 is 16.0 Å². The lowest BCUT2D eigenvalue weighted by Gasteiger charge is -2.20. The Hall–Kier alpha value is -2.37. The summed E-state index contributed by atoms with van der Waals surface area (Å²) in [7, 11) is 0. The molecule has 2 amide bonds. The molecule has 2 atom stereocenters. The topological polar surface area (TPSA) is 75.4 Å². The molecule has 0 saturated carbocycles. The summed E-state index contributed by atoms with van der Waals surface area (Å²) < 4.78 is 0. The van der Waals surface area contributed by atoms with Crippen molar-refractivity contribution in [1.82, 2.24) is 0 Å². The molecule has 26 heavy (non-hydrogen) atoms. The first-order chi connectivity index (χ1) is 12.1. The minimum absolute atomic E-state index is 0. The summed E-state index contributed by atoms with van der Waals surface area (Å²) in [5, 5.41) is 2.90. The Labute approximate surface area is 160 Å². The number of rotatable bonds is 5. The highest BCUT2D eigenvalue weighted by Gasteiger charge is 2.23. The Morgan fingerprint density at radius 1 is 1.12 bits per heavy atom. The maximum Gasteiger partial charge on any atom is 0.229 e. The van der Waals surface area contributed by atoms with E-state index in [1.807, 2.05) is 61.5 Å². The summed E-state index contributed by atoms with van der Waals surface area (Å²) >= 11 is 0. The van der Waals surface area contributed by atoms with Crippen LogP contribution >= 0.6 is 12.4 Å². The number of benzene rings is 2. The van der Waals surface area contributed by atoms with Crippen molar-refractivity contribution in [3.05, 3.63) is 60.2 Å². The fourth-order valence-corrected chi connectivity index (χ4v) is 3.03. The van der Waals surface area contributed by atoms with Gasteiger partial charge in [0.25, 0.3) is 0 Å². The van der Waals surface area contributed by atoms with Gasteiger partial charge in [0.1, 0.15) is 0 Å². The van der Waals surface area contributed by atoms with E-state index in [0.29, 0.717) is 12.1 Å². The molecular formula is C20H24ClN3O2. The zero-order chi connectivity index (χ0) is 17.8. The van der Waals surface area contributed by atoms with Crippen LogP contribution in [0, 0.1) is 5.92 Å². The van der Waals surface area contributed by atoms with Crippen molar-refractivity contribution < 1.29 is 9.59 Å². The van der Waals surface area contributed by atoms with E-state index in [4.69, 9.17) is 5.73 Å². The molecule has 138 valence electrons. The second kappa shape index (κ2) is 8.83. The van der Waals surface area contributed by atoms with Gasteiger partial charge in [-0.25, -0.2) is 0 Å². The summed E-state index contributed by atoms with van der Waals surface area (Å²) in [5.74, 6) is -0.331. The van der Waals surface area contributed by atoms with Crippen LogP contribution in [0.25, 0.3) is 0 Å². The number of carbonyl (C=O) groups excluding carboxylic acids is 2. The first kappa shape index (κ1) is 19.9. The molecule has 5 nitrogen and oxygen atoms in total. The van der Waals surface area contributed by atoms with Crippen LogP contribution in [0.4, 0.5) is 11.4 Å². The highest BCUT2D eigenvalue weighted by Crippen LogP contribution is 2.24. The molecule has 0 bridgehead atoms. The average Bonchev–Trinajstić information content (AvgIpc) is 3.07. The van der Waals surface area contributed by atoms with Gasteiger partial charge >= 0.3 is 0 Å². The van der Waals surface area contributed by atoms with E-state index in [2.05, 4.69) is 5.32 Å². The molecule has 1 aliphatic heterocycles. The first-order valence-corrected chi connectivity index (χ1v) is 8.58. The molecule has 2 aromatic rings. The summed E-state index contributed by atoms with van der Waals surface area (Å²) in [4.78, 5) is 26.0. The smallest absolute Gasteiger partial charge is 0.229 e. The summed E-state index contributed by atoms with van der Waals surface area (Å²) in [6, 6.07) is 16.6. The number of halogens is 1. The van der Waals surface area contributed by atoms with Crippen LogP contribution in [0.5, 0.6) is 0 Å². The first-order valence-electron chi connectivity index (χ1n) is 8.58. The molecule has 0 radical (unpaired) electrons. The summed E-state index contributed by atoms with van der Waals surface area (Å²) in [6.07, 6.45) is 1.50. The summed E-state index contributed by atoms with van der Waals surface area (Å²) in [5.41, 5.74) is 8.72. The number of amides is 2. The molecule has 2 unspecified atom stereocenters. The Morgan fingerprint density at radius 2 is 1.77 bits per heavy atom. The van der Waals surface area contributed by atoms with Gasteiger partial charge in [0, 0.05) is 30.4 Å². The van der Waals surface area contributed by atoms with Crippen molar-refractivity contribution in [2.45, 2.75) is 25.8 Å². The fourth-order valence-electron chi connectivity index (χ4n) is 3.03. The molecule has 1 saturated heterocycles. The van der Waals surface area contributed by atoms with Crippen LogP contribution in [0.2, 0.25) is 0 Å². The zero-order valence-corrected chi connectivity index (χ0v) is 15.5. The number of hydrogen-bond acceptors (Lipinski definition) is 3. The number of hydrogen-bond donors (Lipinski definition) is 2. The second-order valence-electron chi connectivity index (χ2n) is 6.41. The van der Waals surface area contributed by atoms with Gasteiger partial charge in [-0.05, 0) is 36.2 Å². The van der Waals surface area contributed by atoms with Gasteiger partial charge in [0.05, 0.1) is 5.92 Å². The van der Waals surface area contributed by atoms with Crippen molar-refractivity contribution in [3.63, 3.8) is 0 Å². The Morgan fingerprint density at radius 3 is 2.35 bits per heavy atom. The SMILES string of the molecule is CC(C(=O)Nc1ccc(N2CCCC2=O)cc1)C(N)c1ccccc1.Cl. The largest absolute Gasteiger partial charge is 0.326 e. The lowest BCUT2D eigenvalue weighted by atomic mass is 9.94. The zero-order valence-electron chi connectivity index (χ0n) is 14.7. The molecule has 0 spiro atoms. The van der Waals surface area contributed by atoms with Gasteiger partial charge in [-0.3, -0.25) is 9.59 Å². The van der Waals surface area contributed by atoms with Crippen molar-refractivity contribution >= 4 is 35.6 Å². The number of anilines is 2. The Kier molecular flexibility index (Phi) is 6.77. The molecule has 1 fully saturated rings. The lowest BCUT2D eigenvalue weighted by Crippen LogP contribution is -2.30. The van der Waals surface area contributed by atoms with Crippen molar-refractivity contribution in [2.24, 2.45) is 11.7 Å². The van der Waals surface area contributed by atoms with Crippen molar-refractivity contribution in [3.8, 4) is 0 Å². The Bertz CT molecular complexity index is 749. The van der Waals surface area contributed by atoms with E-state index in [1.54, 1.807) is 4.90 Å². The van der Waals surface area contributed by atoms with Gasteiger partial charge in [-0.15, -0.1) is 12.4 Å². The van der Waals surface area contributed by atoms with Gasteiger partial charge in [-0.1, -0.05) is 37.3 Å². The van der Waals surface area contributed by atoms with Crippen LogP contribution in [0.15, 0.2) is 54.6 Å². The quantitative estimate of drug-likeness (QED) is 0.842. The van der Waals surface area contributed by atoms with E-state index in [-0.39, 0.29) is 36.2 Å². The van der Waals surface area contributed by atoms with Gasteiger partial charge in [0.15, 0.2) is 0 Å². The van der Waals surface area contributed by atoms with Crippen molar-refractivity contribution in [2.75, 3.05) is 16.8 Å². The minimum Gasteiger partial charge on any atom is -0.326 e. The number of nitrogens with one attached hydrogen (secondary N) is 1. The summed E-state index contributed by atoms with van der Waals surface area (Å²) in [6.45, 7) is 2.58. The normalized spacial score (nSPS) is 15.9. The number of carbonyl (C=O) groups is 2. The van der Waals surface area contributed by atoms with Crippen molar-refractivity contribution in [1.29, 1.82) is 0 Å². The van der Waals surface area contributed by atoms with Crippen LogP contribution in [0.1, 0.15) is 31.4 Å². The molecule has 3 N–H and O–H groups in total. The van der Waals surface area contributed by atoms with E-state index < -0.39 is 0 Å². The Balaban J connectivity index is 0.00000243. The predicted molar refractivity (Wildman–Crippen MR) is 106 cm³/mol. The molecule has 3 rings (SSSR count). The van der Waals surface area contributed by atoms with Crippen LogP contribution in [-0.4, -0.2) is 18.4 Å². The second-order valence-corrected chi connectivity index (χ2v) is 6.41. The molecule has 0 aliphatic carbocycles. The van der Waals surface area contributed by atoms with Gasteiger partial charge in [-0.2, -0.15) is 0 Å². The highest BCUT2D eigenvalue weighted by molar-refractivity contribution is 5.96. The van der Waals surface area contributed by atoms with E-state index in [0.717, 1.165) is 24.2 Å². The highest BCUT2D eigenvalue weighted by atomic mass is 35.5. The molecule has 6 heteroatoms. The molecule has 2 aromatic carbocycles. The van der Waals surface area contributed by atoms with Gasteiger partial charge in [0.2, 0.25) is 11.8 Å². The molecule has 1 heterocycles. The van der Waals surface area contributed by atoms with Crippen LogP contribution in [-0.2, 0) is 9.59 Å². The minimum atomic E-state index is -0.359. The third-order valence-corrected chi connectivity index (χ3v) is 4.66. The number of nitrogens with zero attached hydrogens (tertiary/aromatic N) is 1. The number of nitrogens with two attached hydrogens (primary N) is 1. The van der Waals surface area contributed by atoms with E-state index >= 15 is 0 Å². The molecule has 0 aromatic heterocycles. The van der Waals surface area contributed by atoms with E-state index in [1.165, 1.54) is 0 Å². The standard InChI is InChI=1S/C20H23N3O2.ClH/c1-14(19(21)15-6-3-2-4-7-15)20(25)22-16-9-11-17(12-10-16)23-13-5-8-18(23)24;/h2-4,6-7,9-12,14,19H,5,8,13,21H2,1H3,(H,22,25);1H. The molecule has 1 aliphatic rings. The predicted octanol–water partition coefficient (Wildman–Crippen LogP) is 3.51. The van der Waals surface area contributed by atoms with E-state index in [9.17, 15) is 9.59 Å². The average molecular weight is 374 g/mol. The van der Waals surface area contributed by atoms with Crippen LogP contribution < -0.4 is 16.0 Å². The third-order valence-electron chi connectivity index (χ3n) is 4.66.